The number of carbonyl (C=O) groups excluding carboxylic acids is 1. The Morgan fingerprint density at radius 3 is 2.53 bits per heavy atom. The summed E-state index contributed by atoms with van der Waals surface area (Å²) in [6.07, 6.45) is 4.08. The molecule has 1 atom stereocenters. The third-order valence-corrected chi connectivity index (χ3v) is 3.62. The minimum absolute atomic E-state index is 0.366. The Hall–Kier alpha value is -1.35. The highest BCUT2D eigenvalue weighted by Crippen LogP contribution is 2.32. The van der Waals surface area contributed by atoms with E-state index in [4.69, 9.17) is 0 Å². The molecule has 0 bridgehead atoms. The van der Waals surface area contributed by atoms with Crippen LogP contribution in [-0.4, -0.2) is 13.0 Å². The molecule has 1 saturated heterocycles. The van der Waals surface area contributed by atoms with Crippen LogP contribution >= 0.6 is 0 Å². The zero-order chi connectivity index (χ0) is 12.3. The second kappa shape index (κ2) is 4.88. The number of carbonyl (C=O) groups is 1. The lowest BCUT2D eigenvalue weighted by Crippen LogP contribution is -2.56. The molecular formula is C14H20N2O. The molecule has 1 heterocycles. The monoisotopic (exact) mass is 232 g/mol. The van der Waals surface area contributed by atoms with Crippen LogP contribution in [0.3, 0.4) is 0 Å². The molecule has 0 saturated carbocycles. The van der Waals surface area contributed by atoms with Crippen molar-refractivity contribution in [3.05, 3.63) is 34.9 Å². The van der Waals surface area contributed by atoms with E-state index in [1.165, 1.54) is 23.1 Å². The van der Waals surface area contributed by atoms with Gasteiger partial charge in [-0.1, -0.05) is 18.2 Å². The fourth-order valence-corrected chi connectivity index (χ4v) is 2.90. The Balaban J connectivity index is 2.48. The molecule has 1 aliphatic heterocycles. The lowest BCUT2D eigenvalue weighted by molar-refractivity contribution is -0.112. The van der Waals surface area contributed by atoms with Crippen molar-refractivity contribution in [3.63, 3.8) is 0 Å². The number of nitrogens with one attached hydrogen (secondary N) is 2. The first-order chi connectivity index (χ1) is 8.19. The summed E-state index contributed by atoms with van der Waals surface area (Å²) in [5.74, 6) is 0. The highest BCUT2D eigenvalue weighted by atomic mass is 16.1. The predicted molar refractivity (Wildman–Crippen MR) is 68.6 cm³/mol. The zero-order valence-electron chi connectivity index (χ0n) is 10.5. The number of rotatable bonds is 3. The molecule has 1 aromatic carbocycles. The molecule has 0 unspecified atom stereocenters. The van der Waals surface area contributed by atoms with Gasteiger partial charge in [0.1, 0.15) is 5.66 Å². The van der Waals surface area contributed by atoms with Crippen LogP contribution in [0.5, 0.6) is 0 Å². The van der Waals surface area contributed by atoms with E-state index in [1.54, 1.807) is 0 Å². The fourth-order valence-electron chi connectivity index (χ4n) is 2.90. The van der Waals surface area contributed by atoms with Crippen molar-refractivity contribution >= 4 is 6.41 Å². The Bertz CT molecular complexity index is 388. The van der Waals surface area contributed by atoms with Crippen LogP contribution in [0, 0.1) is 13.8 Å². The predicted octanol–water partition coefficient (Wildman–Crippen LogP) is 1.98. The SMILES string of the molecule is Cc1cccc(C)c1[C@@]1(NC=O)CCCCN1. The molecule has 2 N–H and O–H groups in total. The number of amides is 1. The largest absolute Gasteiger partial charge is 0.337 e. The topological polar surface area (TPSA) is 41.1 Å². The molecule has 3 nitrogen and oxygen atoms in total. The van der Waals surface area contributed by atoms with Crippen LogP contribution in [-0.2, 0) is 10.5 Å². The molecule has 1 fully saturated rings. The first-order valence-electron chi connectivity index (χ1n) is 6.23. The van der Waals surface area contributed by atoms with Gasteiger partial charge in [0.25, 0.3) is 0 Å². The van der Waals surface area contributed by atoms with Crippen molar-refractivity contribution in [1.29, 1.82) is 0 Å². The molecule has 0 radical (unpaired) electrons. The Morgan fingerprint density at radius 2 is 2.00 bits per heavy atom. The van der Waals surface area contributed by atoms with E-state index < -0.39 is 0 Å². The number of hydrogen-bond donors (Lipinski definition) is 2. The van der Waals surface area contributed by atoms with Gasteiger partial charge >= 0.3 is 0 Å². The molecule has 92 valence electrons. The minimum atomic E-state index is -0.366. The van der Waals surface area contributed by atoms with Gasteiger partial charge in [0.05, 0.1) is 0 Å². The maximum absolute atomic E-state index is 10.9. The normalized spacial score (nSPS) is 24.4. The quantitative estimate of drug-likeness (QED) is 0.782. The third-order valence-electron chi connectivity index (χ3n) is 3.62. The molecule has 0 aliphatic carbocycles. The first-order valence-corrected chi connectivity index (χ1v) is 6.23. The molecular weight excluding hydrogens is 212 g/mol. The molecule has 1 aliphatic rings. The number of benzene rings is 1. The van der Waals surface area contributed by atoms with Crippen molar-refractivity contribution in [2.24, 2.45) is 0 Å². The summed E-state index contributed by atoms with van der Waals surface area (Å²) < 4.78 is 0. The van der Waals surface area contributed by atoms with E-state index in [2.05, 4.69) is 42.7 Å². The highest BCUT2D eigenvalue weighted by molar-refractivity contribution is 5.51. The van der Waals surface area contributed by atoms with Crippen LogP contribution in [0.1, 0.15) is 36.0 Å². The molecule has 0 spiro atoms. The van der Waals surface area contributed by atoms with E-state index in [-0.39, 0.29) is 5.66 Å². The summed E-state index contributed by atoms with van der Waals surface area (Å²) in [4.78, 5) is 10.9. The van der Waals surface area contributed by atoms with Crippen LogP contribution in [0.25, 0.3) is 0 Å². The van der Waals surface area contributed by atoms with Crippen molar-refractivity contribution in [3.8, 4) is 0 Å². The Labute approximate surface area is 103 Å². The smallest absolute Gasteiger partial charge is 0.208 e. The van der Waals surface area contributed by atoms with Crippen LogP contribution in [0.15, 0.2) is 18.2 Å². The average molecular weight is 232 g/mol. The average Bonchev–Trinajstić information content (AvgIpc) is 2.30. The molecule has 17 heavy (non-hydrogen) atoms. The van der Waals surface area contributed by atoms with Gasteiger partial charge in [-0.05, 0) is 56.3 Å². The van der Waals surface area contributed by atoms with E-state index in [0.29, 0.717) is 0 Å². The van der Waals surface area contributed by atoms with Gasteiger partial charge in [0, 0.05) is 0 Å². The fraction of sp³-hybridized carbons (Fsp3) is 0.500. The van der Waals surface area contributed by atoms with Crippen molar-refractivity contribution < 1.29 is 4.79 Å². The maximum atomic E-state index is 10.9. The number of hydrogen-bond acceptors (Lipinski definition) is 2. The summed E-state index contributed by atoms with van der Waals surface area (Å²) in [5.41, 5.74) is 3.32. The lowest BCUT2D eigenvalue weighted by atomic mass is 9.85. The van der Waals surface area contributed by atoms with Gasteiger partial charge in [0.15, 0.2) is 0 Å². The van der Waals surface area contributed by atoms with Crippen molar-refractivity contribution in [2.45, 2.75) is 38.8 Å². The first kappa shape index (κ1) is 12.1. The summed E-state index contributed by atoms with van der Waals surface area (Å²) >= 11 is 0. The standard InChI is InChI=1S/C14H20N2O/c1-11-6-5-7-12(2)13(11)14(16-10-17)8-3-4-9-15-14/h5-7,10,15H,3-4,8-9H2,1-2H3,(H,16,17)/t14-/m0/s1. The van der Waals surface area contributed by atoms with Gasteiger partial charge in [-0.3, -0.25) is 10.1 Å². The molecule has 1 aromatic rings. The second-order valence-electron chi connectivity index (χ2n) is 4.82. The number of aryl methyl sites for hydroxylation is 2. The van der Waals surface area contributed by atoms with E-state index in [1.807, 2.05) is 0 Å². The summed E-state index contributed by atoms with van der Waals surface area (Å²) in [5, 5.41) is 6.49. The summed E-state index contributed by atoms with van der Waals surface area (Å²) in [6, 6.07) is 6.27. The molecule has 2 rings (SSSR count). The van der Waals surface area contributed by atoms with E-state index in [0.717, 1.165) is 25.8 Å². The van der Waals surface area contributed by atoms with Gasteiger partial charge in [-0.15, -0.1) is 0 Å². The number of piperidine rings is 1. The van der Waals surface area contributed by atoms with Gasteiger partial charge in [-0.2, -0.15) is 0 Å². The van der Waals surface area contributed by atoms with Crippen molar-refractivity contribution in [1.82, 2.24) is 10.6 Å². The van der Waals surface area contributed by atoms with Crippen molar-refractivity contribution in [2.75, 3.05) is 6.54 Å². The summed E-state index contributed by atoms with van der Waals surface area (Å²) in [7, 11) is 0. The van der Waals surface area contributed by atoms with Crippen LogP contribution in [0.4, 0.5) is 0 Å². The highest BCUT2D eigenvalue weighted by Gasteiger charge is 2.35. The molecule has 1 amide bonds. The molecule has 3 heteroatoms. The third kappa shape index (κ3) is 2.20. The van der Waals surface area contributed by atoms with E-state index >= 15 is 0 Å². The Kier molecular flexibility index (Phi) is 3.48. The van der Waals surface area contributed by atoms with Gasteiger partial charge in [-0.25, -0.2) is 0 Å². The minimum Gasteiger partial charge on any atom is -0.337 e. The Morgan fingerprint density at radius 1 is 1.29 bits per heavy atom. The zero-order valence-corrected chi connectivity index (χ0v) is 10.5. The van der Waals surface area contributed by atoms with Gasteiger partial charge in [0.2, 0.25) is 6.41 Å². The van der Waals surface area contributed by atoms with E-state index in [9.17, 15) is 4.79 Å². The second-order valence-corrected chi connectivity index (χ2v) is 4.82. The lowest BCUT2D eigenvalue weighted by Gasteiger charge is -2.40. The molecule has 0 aromatic heterocycles. The maximum Gasteiger partial charge on any atom is 0.208 e. The van der Waals surface area contributed by atoms with Gasteiger partial charge < -0.3 is 5.32 Å². The van der Waals surface area contributed by atoms with Crippen LogP contribution < -0.4 is 10.6 Å². The van der Waals surface area contributed by atoms with Crippen LogP contribution in [0.2, 0.25) is 0 Å². The summed E-state index contributed by atoms with van der Waals surface area (Å²) in [6.45, 7) is 5.16.